The van der Waals surface area contributed by atoms with Gasteiger partial charge in [0.25, 0.3) is 0 Å². The fraction of sp³-hybridized carbons (Fsp3) is 0.500. The van der Waals surface area contributed by atoms with Gasteiger partial charge in [0, 0.05) is 39.0 Å². The molecule has 2 aromatic heterocycles. The van der Waals surface area contributed by atoms with Gasteiger partial charge in [-0.05, 0) is 12.6 Å². The first-order valence-electron chi connectivity index (χ1n) is 5.98. The molecule has 0 aliphatic heterocycles. The standard InChI is InChI=1S/C12H19N5/c1-3-13-8-12-9-14-10-17(12)7-5-11-4-6-16(2)15-11/h4,6,9-10,13H,3,5,7-8H2,1-2H3. The molecule has 0 saturated carbocycles. The van der Waals surface area contributed by atoms with Crippen molar-refractivity contribution in [3.8, 4) is 0 Å². The lowest BCUT2D eigenvalue weighted by Gasteiger charge is -2.07. The second-order valence-corrected chi connectivity index (χ2v) is 4.09. The van der Waals surface area contributed by atoms with Gasteiger partial charge in [-0.25, -0.2) is 4.98 Å². The van der Waals surface area contributed by atoms with Crippen molar-refractivity contribution in [1.82, 2.24) is 24.6 Å². The molecular weight excluding hydrogens is 214 g/mol. The molecule has 5 nitrogen and oxygen atoms in total. The van der Waals surface area contributed by atoms with E-state index in [1.165, 1.54) is 5.69 Å². The van der Waals surface area contributed by atoms with Crippen molar-refractivity contribution < 1.29 is 0 Å². The van der Waals surface area contributed by atoms with E-state index in [0.29, 0.717) is 0 Å². The second-order valence-electron chi connectivity index (χ2n) is 4.09. The minimum absolute atomic E-state index is 0.874. The Hall–Kier alpha value is -1.62. The topological polar surface area (TPSA) is 47.7 Å². The van der Waals surface area contributed by atoms with Crippen LogP contribution in [0.25, 0.3) is 0 Å². The fourth-order valence-electron chi connectivity index (χ4n) is 1.78. The normalized spacial score (nSPS) is 10.9. The van der Waals surface area contributed by atoms with Crippen LogP contribution in [0.5, 0.6) is 0 Å². The monoisotopic (exact) mass is 233 g/mol. The van der Waals surface area contributed by atoms with Gasteiger partial charge in [0.15, 0.2) is 0 Å². The predicted molar refractivity (Wildman–Crippen MR) is 66.5 cm³/mol. The fourth-order valence-corrected chi connectivity index (χ4v) is 1.78. The van der Waals surface area contributed by atoms with E-state index >= 15 is 0 Å². The largest absolute Gasteiger partial charge is 0.333 e. The van der Waals surface area contributed by atoms with Gasteiger partial charge in [-0.2, -0.15) is 5.10 Å². The van der Waals surface area contributed by atoms with Crippen molar-refractivity contribution >= 4 is 0 Å². The third-order valence-corrected chi connectivity index (χ3v) is 2.73. The smallest absolute Gasteiger partial charge is 0.0948 e. The molecule has 0 aliphatic carbocycles. The summed E-state index contributed by atoms with van der Waals surface area (Å²) in [6.45, 7) is 4.89. The first-order valence-corrected chi connectivity index (χ1v) is 5.98. The van der Waals surface area contributed by atoms with Gasteiger partial charge in [-0.1, -0.05) is 6.92 Å². The van der Waals surface area contributed by atoms with Crippen molar-refractivity contribution in [2.24, 2.45) is 7.05 Å². The molecule has 2 rings (SSSR count). The summed E-state index contributed by atoms with van der Waals surface area (Å²) in [4.78, 5) is 4.19. The minimum atomic E-state index is 0.874. The summed E-state index contributed by atoms with van der Waals surface area (Å²) in [7, 11) is 1.94. The number of nitrogens with zero attached hydrogens (tertiary/aromatic N) is 4. The number of rotatable bonds is 6. The van der Waals surface area contributed by atoms with Crippen LogP contribution >= 0.6 is 0 Å². The van der Waals surface area contributed by atoms with E-state index in [1.807, 2.05) is 30.5 Å². The zero-order valence-electron chi connectivity index (χ0n) is 10.4. The first kappa shape index (κ1) is 11.9. The Labute approximate surface area is 101 Å². The molecule has 0 radical (unpaired) electrons. The van der Waals surface area contributed by atoms with Gasteiger partial charge in [0.1, 0.15) is 0 Å². The Morgan fingerprint density at radius 1 is 1.41 bits per heavy atom. The third kappa shape index (κ3) is 3.17. The molecule has 0 atom stereocenters. The minimum Gasteiger partial charge on any atom is -0.333 e. The van der Waals surface area contributed by atoms with Crippen LogP contribution in [0, 0.1) is 0 Å². The van der Waals surface area contributed by atoms with Crippen LogP contribution in [0.3, 0.4) is 0 Å². The molecule has 2 heterocycles. The number of nitrogens with one attached hydrogen (secondary N) is 1. The summed E-state index contributed by atoms with van der Waals surface area (Å²) in [6.07, 6.45) is 6.72. The molecular formula is C12H19N5. The Morgan fingerprint density at radius 3 is 3.00 bits per heavy atom. The lowest BCUT2D eigenvalue weighted by molar-refractivity contribution is 0.609. The van der Waals surface area contributed by atoms with Crippen molar-refractivity contribution in [3.63, 3.8) is 0 Å². The molecule has 0 unspecified atom stereocenters. The van der Waals surface area contributed by atoms with E-state index < -0.39 is 0 Å². The number of imidazole rings is 1. The van der Waals surface area contributed by atoms with E-state index in [4.69, 9.17) is 0 Å². The van der Waals surface area contributed by atoms with Gasteiger partial charge in [-0.15, -0.1) is 0 Å². The van der Waals surface area contributed by atoms with Crippen LogP contribution in [-0.4, -0.2) is 25.9 Å². The molecule has 0 saturated heterocycles. The average molecular weight is 233 g/mol. The highest BCUT2D eigenvalue weighted by Crippen LogP contribution is 2.03. The Morgan fingerprint density at radius 2 is 2.29 bits per heavy atom. The molecule has 17 heavy (non-hydrogen) atoms. The first-order chi connectivity index (χ1) is 8.29. The summed E-state index contributed by atoms with van der Waals surface area (Å²) in [5, 5.41) is 7.68. The summed E-state index contributed by atoms with van der Waals surface area (Å²) >= 11 is 0. The molecule has 0 fully saturated rings. The van der Waals surface area contributed by atoms with Gasteiger partial charge >= 0.3 is 0 Å². The summed E-state index contributed by atoms with van der Waals surface area (Å²) in [5.74, 6) is 0. The maximum atomic E-state index is 4.37. The highest BCUT2D eigenvalue weighted by molar-refractivity contribution is 5.02. The lowest BCUT2D eigenvalue weighted by Crippen LogP contribution is -2.15. The third-order valence-electron chi connectivity index (χ3n) is 2.73. The van der Waals surface area contributed by atoms with Gasteiger partial charge in [0.2, 0.25) is 0 Å². The lowest BCUT2D eigenvalue weighted by atomic mass is 10.3. The van der Waals surface area contributed by atoms with Gasteiger partial charge in [0.05, 0.1) is 17.7 Å². The van der Waals surface area contributed by atoms with E-state index in [9.17, 15) is 0 Å². The highest BCUT2D eigenvalue weighted by Gasteiger charge is 2.03. The van der Waals surface area contributed by atoms with E-state index in [1.54, 1.807) is 0 Å². The zero-order valence-corrected chi connectivity index (χ0v) is 10.4. The Balaban J connectivity index is 1.92. The van der Waals surface area contributed by atoms with E-state index in [2.05, 4.69) is 33.0 Å². The molecule has 0 amide bonds. The zero-order chi connectivity index (χ0) is 12.1. The number of hydrogen-bond donors (Lipinski definition) is 1. The predicted octanol–water partition coefficient (Wildman–Crippen LogP) is 0.969. The summed E-state index contributed by atoms with van der Waals surface area (Å²) in [6, 6.07) is 2.06. The van der Waals surface area contributed by atoms with Crippen LogP contribution in [0.15, 0.2) is 24.8 Å². The average Bonchev–Trinajstić information content (AvgIpc) is 2.92. The number of aromatic nitrogens is 4. The van der Waals surface area contributed by atoms with Crippen molar-refractivity contribution in [2.45, 2.75) is 26.4 Å². The summed E-state index contributed by atoms with van der Waals surface area (Å²) < 4.78 is 4.01. The van der Waals surface area contributed by atoms with Crippen LogP contribution in [-0.2, 0) is 26.6 Å². The SMILES string of the molecule is CCNCc1cncn1CCc1ccn(C)n1. The van der Waals surface area contributed by atoms with Crippen LogP contribution in [0.1, 0.15) is 18.3 Å². The molecule has 0 spiro atoms. The maximum Gasteiger partial charge on any atom is 0.0948 e. The van der Waals surface area contributed by atoms with Crippen molar-refractivity contribution in [2.75, 3.05) is 6.54 Å². The van der Waals surface area contributed by atoms with E-state index in [-0.39, 0.29) is 0 Å². The molecule has 1 N–H and O–H groups in total. The quantitative estimate of drug-likeness (QED) is 0.808. The maximum absolute atomic E-state index is 4.37. The molecule has 5 heteroatoms. The van der Waals surface area contributed by atoms with Gasteiger partial charge in [-0.3, -0.25) is 4.68 Å². The highest BCUT2D eigenvalue weighted by atomic mass is 15.2. The second kappa shape index (κ2) is 5.63. The van der Waals surface area contributed by atoms with Crippen molar-refractivity contribution in [3.05, 3.63) is 36.2 Å². The van der Waals surface area contributed by atoms with Crippen LogP contribution in [0.2, 0.25) is 0 Å². The molecule has 0 aromatic carbocycles. The number of aryl methyl sites for hydroxylation is 3. The molecule has 0 bridgehead atoms. The molecule has 0 aliphatic rings. The Kier molecular flexibility index (Phi) is 3.93. The molecule has 2 aromatic rings. The summed E-state index contributed by atoms with van der Waals surface area (Å²) in [5.41, 5.74) is 2.35. The Bertz CT molecular complexity index is 457. The van der Waals surface area contributed by atoms with Crippen LogP contribution in [0.4, 0.5) is 0 Å². The van der Waals surface area contributed by atoms with Crippen LogP contribution < -0.4 is 5.32 Å². The van der Waals surface area contributed by atoms with Gasteiger partial charge < -0.3 is 9.88 Å². The van der Waals surface area contributed by atoms with E-state index in [0.717, 1.165) is 31.7 Å². The van der Waals surface area contributed by atoms with Crippen molar-refractivity contribution in [1.29, 1.82) is 0 Å². The molecule has 92 valence electrons. The number of hydrogen-bond acceptors (Lipinski definition) is 3.